The van der Waals surface area contributed by atoms with E-state index in [1.807, 2.05) is 18.5 Å². The summed E-state index contributed by atoms with van der Waals surface area (Å²) in [5, 5.41) is 8.89. The van der Waals surface area contributed by atoms with E-state index in [4.69, 9.17) is 5.11 Å². The smallest absolute Gasteiger partial charge is 0.0434 e. The van der Waals surface area contributed by atoms with Crippen LogP contribution in [0.15, 0.2) is 24.5 Å². The van der Waals surface area contributed by atoms with Gasteiger partial charge in [0.1, 0.15) is 0 Å². The Hall–Kier alpha value is -0.930. The summed E-state index contributed by atoms with van der Waals surface area (Å²) in [5.74, 6) is 0.707. The average molecular weight is 220 g/mol. The minimum absolute atomic E-state index is 0.334. The SMILES string of the molecule is OCCC1CCN(CCc2cccnc2)C1. The minimum Gasteiger partial charge on any atom is -0.396 e. The molecule has 1 fully saturated rings. The van der Waals surface area contributed by atoms with Crippen molar-refractivity contribution >= 4 is 0 Å². The Kier molecular flexibility index (Phi) is 4.31. The van der Waals surface area contributed by atoms with Gasteiger partial charge >= 0.3 is 0 Å². The molecule has 3 heteroatoms. The molecule has 0 radical (unpaired) electrons. The molecule has 2 rings (SSSR count). The quantitative estimate of drug-likeness (QED) is 0.813. The van der Waals surface area contributed by atoms with Crippen LogP contribution < -0.4 is 0 Å². The van der Waals surface area contributed by atoms with Crippen LogP contribution in [0.5, 0.6) is 0 Å². The summed E-state index contributed by atoms with van der Waals surface area (Å²) in [6.07, 6.45) is 7.05. The van der Waals surface area contributed by atoms with Gasteiger partial charge in [0.05, 0.1) is 0 Å². The first kappa shape index (κ1) is 11.6. The van der Waals surface area contributed by atoms with Crippen LogP contribution in [0.1, 0.15) is 18.4 Å². The van der Waals surface area contributed by atoms with E-state index in [1.54, 1.807) is 0 Å². The van der Waals surface area contributed by atoms with Gasteiger partial charge in [0.25, 0.3) is 0 Å². The van der Waals surface area contributed by atoms with Gasteiger partial charge in [-0.25, -0.2) is 0 Å². The number of pyridine rings is 1. The van der Waals surface area contributed by atoms with E-state index in [1.165, 1.54) is 18.5 Å². The molecule has 88 valence electrons. The van der Waals surface area contributed by atoms with E-state index in [0.29, 0.717) is 12.5 Å². The lowest BCUT2D eigenvalue weighted by Crippen LogP contribution is -2.23. The van der Waals surface area contributed by atoms with E-state index < -0.39 is 0 Å². The number of nitrogens with zero attached hydrogens (tertiary/aromatic N) is 2. The maximum Gasteiger partial charge on any atom is 0.0434 e. The van der Waals surface area contributed by atoms with Crippen molar-refractivity contribution in [2.45, 2.75) is 19.3 Å². The Morgan fingerprint density at radius 2 is 2.44 bits per heavy atom. The van der Waals surface area contributed by atoms with E-state index in [0.717, 1.165) is 25.9 Å². The number of aliphatic hydroxyl groups excluding tert-OH is 1. The van der Waals surface area contributed by atoms with Crippen molar-refractivity contribution in [2.24, 2.45) is 5.92 Å². The molecule has 0 amide bonds. The standard InChI is InChI=1S/C13H20N2O/c16-9-5-13-4-8-15(11-13)7-3-12-2-1-6-14-10-12/h1-2,6,10,13,16H,3-5,7-9,11H2. The number of hydrogen-bond acceptors (Lipinski definition) is 3. The predicted molar refractivity (Wildman–Crippen MR) is 64.2 cm³/mol. The van der Waals surface area contributed by atoms with E-state index >= 15 is 0 Å². The third kappa shape index (κ3) is 3.29. The van der Waals surface area contributed by atoms with Gasteiger partial charge < -0.3 is 10.0 Å². The van der Waals surface area contributed by atoms with Crippen molar-refractivity contribution in [1.29, 1.82) is 0 Å². The van der Waals surface area contributed by atoms with E-state index in [-0.39, 0.29) is 0 Å². The molecule has 0 aliphatic carbocycles. The van der Waals surface area contributed by atoms with Crippen LogP contribution in [0.4, 0.5) is 0 Å². The molecule has 1 aliphatic heterocycles. The summed E-state index contributed by atoms with van der Waals surface area (Å²) in [6.45, 7) is 3.79. The Morgan fingerprint density at radius 1 is 1.50 bits per heavy atom. The molecular formula is C13H20N2O. The lowest BCUT2D eigenvalue weighted by molar-refractivity contribution is 0.251. The number of aromatic nitrogens is 1. The summed E-state index contributed by atoms with van der Waals surface area (Å²) in [7, 11) is 0. The Morgan fingerprint density at radius 3 is 3.19 bits per heavy atom. The van der Waals surface area contributed by atoms with Crippen LogP contribution in [0.3, 0.4) is 0 Å². The molecule has 0 saturated carbocycles. The fraction of sp³-hybridized carbons (Fsp3) is 0.615. The van der Waals surface area contributed by atoms with Gasteiger partial charge in [0, 0.05) is 32.1 Å². The number of hydrogen-bond donors (Lipinski definition) is 1. The first-order chi connectivity index (χ1) is 7.88. The summed E-state index contributed by atoms with van der Waals surface area (Å²) in [4.78, 5) is 6.62. The largest absolute Gasteiger partial charge is 0.396 e. The zero-order valence-electron chi connectivity index (χ0n) is 9.68. The summed E-state index contributed by atoms with van der Waals surface area (Å²) < 4.78 is 0. The molecule has 2 heterocycles. The molecule has 1 atom stereocenters. The fourth-order valence-electron chi connectivity index (χ4n) is 2.37. The molecule has 1 aliphatic rings. The van der Waals surface area contributed by atoms with Gasteiger partial charge in [-0.2, -0.15) is 0 Å². The van der Waals surface area contributed by atoms with Crippen molar-refractivity contribution in [3.05, 3.63) is 30.1 Å². The van der Waals surface area contributed by atoms with Crippen LogP contribution in [-0.2, 0) is 6.42 Å². The summed E-state index contributed by atoms with van der Waals surface area (Å²) >= 11 is 0. The van der Waals surface area contributed by atoms with Gasteiger partial charge in [0.15, 0.2) is 0 Å². The maximum atomic E-state index is 8.89. The van der Waals surface area contributed by atoms with Gasteiger partial charge in [-0.05, 0) is 43.4 Å². The highest BCUT2D eigenvalue weighted by atomic mass is 16.3. The highest BCUT2D eigenvalue weighted by Gasteiger charge is 2.21. The first-order valence-electron chi connectivity index (χ1n) is 6.10. The van der Waals surface area contributed by atoms with Crippen LogP contribution in [-0.4, -0.2) is 41.2 Å². The molecule has 1 aromatic rings. The highest BCUT2D eigenvalue weighted by Crippen LogP contribution is 2.19. The maximum absolute atomic E-state index is 8.89. The lowest BCUT2D eigenvalue weighted by Gasteiger charge is -2.15. The van der Waals surface area contributed by atoms with E-state index in [9.17, 15) is 0 Å². The second kappa shape index (κ2) is 5.97. The van der Waals surface area contributed by atoms with Crippen molar-refractivity contribution in [3.8, 4) is 0 Å². The topological polar surface area (TPSA) is 36.4 Å². The number of likely N-dealkylation sites (tertiary alicyclic amines) is 1. The summed E-state index contributed by atoms with van der Waals surface area (Å²) in [6, 6.07) is 4.13. The van der Waals surface area contributed by atoms with Crippen LogP contribution in [0, 0.1) is 5.92 Å². The van der Waals surface area contributed by atoms with Gasteiger partial charge in [0.2, 0.25) is 0 Å². The molecule has 1 unspecified atom stereocenters. The second-order valence-electron chi connectivity index (χ2n) is 4.58. The van der Waals surface area contributed by atoms with E-state index in [2.05, 4.69) is 16.0 Å². The Bertz CT molecular complexity index is 302. The van der Waals surface area contributed by atoms with Crippen molar-refractivity contribution < 1.29 is 5.11 Å². The van der Waals surface area contributed by atoms with Gasteiger partial charge in [-0.1, -0.05) is 6.07 Å². The molecule has 0 aromatic carbocycles. The van der Waals surface area contributed by atoms with Crippen molar-refractivity contribution in [3.63, 3.8) is 0 Å². The molecule has 1 saturated heterocycles. The molecule has 1 N–H and O–H groups in total. The van der Waals surface area contributed by atoms with Gasteiger partial charge in [-0.15, -0.1) is 0 Å². The lowest BCUT2D eigenvalue weighted by atomic mass is 10.1. The third-order valence-corrected chi connectivity index (χ3v) is 3.35. The Labute approximate surface area is 97.1 Å². The number of rotatable bonds is 5. The van der Waals surface area contributed by atoms with Crippen molar-refractivity contribution in [2.75, 3.05) is 26.2 Å². The molecule has 3 nitrogen and oxygen atoms in total. The van der Waals surface area contributed by atoms with Gasteiger partial charge in [-0.3, -0.25) is 4.98 Å². The summed E-state index contributed by atoms with van der Waals surface area (Å²) in [5.41, 5.74) is 1.31. The molecule has 1 aromatic heterocycles. The number of aliphatic hydroxyl groups is 1. The molecular weight excluding hydrogens is 200 g/mol. The fourth-order valence-corrected chi connectivity index (χ4v) is 2.37. The van der Waals surface area contributed by atoms with Crippen LogP contribution in [0.25, 0.3) is 0 Å². The minimum atomic E-state index is 0.334. The normalized spacial score (nSPS) is 21.4. The molecule has 0 bridgehead atoms. The highest BCUT2D eigenvalue weighted by molar-refractivity contribution is 5.08. The van der Waals surface area contributed by atoms with Crippen molar-refractivity contribution in [1.82, 2.24) is 9.88 Å². The van der Waals surface area contributed by atoms with Crippen LogP contribution >= 0.6 is 0 Å². The Balaban J connectivity index is 1.72. The monoisotopic (exact) mass is 220 g/mol. The first-order valence-corrected chi connectivity index (χ1v) is 6.10. The zero-order valence-corrected chi connectivity index (χ0v) is 9.68. The predicted octanol–water partition coefficient (Wildman–Crippen LogP) is 1.33. The molecule has 0 spiro atoms. The average Bonchev–Trinajstić information content (AvgIpc) is 2.76. The molecule has 16 heavy (non-hydrogen) atoms. The second-order valence-corrected chi connectivity index (χ2v) is 4.58. The van der Waals surface area contributed by atoms with Crippen LogP contribution in [0.2, 0.25) is 0 Å². The zero-order chi connectivity index (χ0) is 11.2. The third-order valence-electron chi connectivity index (χ3n) is 3.35.